The van der Waals surface area contributed by atoms with Crippen LogP contribution < -0.4 is 5.32 Å². The standard InChI is InChI=1S/C17H26N2O6/c1-4-24-16(23)11-10-5-6-17(25-10)12(11)15(22)19(7-8-20)13(17)14(21)18-9(2)3/h9-13,20H,4-8H2,1-3H3,(H,18,21)/t10-,11+,12+,13-,17+/m1/s1. The third kappa shape index (κ3) is 2.62. The molecule has 0 aromatic carbocycles. The van der Waals surface area contributed by atoms with Crippen LogP contribution in [0.5, 0.6) is 0 Å². The van der Waals surface area contributed by atoms with Gasteiger partial charge in [0.25, 0.3) is 0 Å². The zero-order chi connectivity index (χ0) is 18.4. The Kier molecular flexibility index (Phi) is 4.76. The summed E-state index contributed by atoms with van der Waals surface area (Å²) in [7, 11) is 0. The van der Waals surface area contributed by atoms with Gasteiger partial charge in [0.2, 0.25) is 11.8 Å². The summed E-state index contributed by atoms with van der Waals surface area (Å²) in [5.74, 6) is -2.46. The minimum absolute atomic E-state index is 0.0385. The van der Waals surface area contributed by atoms with Crippen molar-refractivity contribution in [1.82, 2.24) is 10.2 Å². The molecule has 5 atom stereocenters. The Morgan fingerprint density at radius 3 is 2.80 bits per heavy atom. The second-order valence-corrected chi connectivity index (χ2v) is 7.23. The van der Waals surface area contributed by atoms with Crippen LogP contribution in [0.1, 0.15) is 33.6 Å². The highest BCUT2D eigenvalue weighted by Gasteiger charge is 2.74. The second kappa shape index (κ2) is 6.57. The molecule has 0 aromatic heterocycles. The number of hydrogen-bond acceptors (Lipinski definition) is 6. The third-order valence-electron chi connectivity index (χ3n) is 5.38. The van der Waals surface area contributed by atoms with E-state index in [9.17, 15) is 19.5 Å². The van der Waals surface area contributed by atoms with Gasteiger partial charge in [-0.1, -0.05) is 0 Å². The molecule has 2 amide bonds. The maximum atomic E-state index is 13.0. The molecule has 8 nitrogen and oxygen atoms in total. The normalized spacial score (nSPS) is 36.0. The number of aliphatic hydroxyl groups is 1. The van der Waals surface area contributed by atoms with Crippen molar-refractivity contribution in [2.45, 2.75) is 57.4 Å². The lowest BCUT2D eigenvalue weighted by molar-refractivity contribution is -0.154. The predicted octanol–water partition coefficient (Wildman–Crippen LogP) is -0.559. The number of aliphatic hydroxyl groups excluding tert-OH is 1. The molecule has 0 saturated carbocycles. The number of fused-ring (bicyclic) bond motifs is 1. The van der Waals surface area contributed by atoms with E-state index in [0.29, 0.717) is 12.8 Å². The maximum absolute atomic E-state index is 13.0. The van der Waals surface area contributed by atoms with Crippen molar-refractivity contribution in [3.63, 3.8) is 0 Å². The van der Waals surface area contributed by atoms with E-state index >= 15 is 0 Å². The number of nitrogens with one attached hydrogen (secondary N) is 1. The largest absolute Gasteiger partial charge is 0.466 e. The molecular weight excluding hydrogens is 328 g/mol. The molecule has 0 radical (unpaired) electrons. The van der Waals surface area contributed by atoms with Gasteiger partial charge < -0.3 is 24.8 Å². The van der Waals surface area contributed by atoms with Crippen LogP contribution in [0, 0.1) is 11.8 Å². The quantitative estimate of drug-likeness (QED) is 0.620. The van der Waals surface area contributed by atoms with E-state index in [1.165, 1.54) is 4.90 Å². The van der Waals surface area contributed by atoms with Gasteiger partial charge >= 0.3 is 5.97 Å². The lowest BCUT2D eigenvalue weighted by Gasteiger charge is -2.33. The summed E-state index contributed by atoms with van der Waals surface area (Å²) in [5.41, 5.74) is -1.01. The van der Waals surface area contributed by atoms with Crippen molar-refractivity contribution in [3.05, 3.63) is 0 Å². The zero-order valence-corrected chi connectivity index (χ0v) is 14.9. The first-order valence-corrected chi connectivity index (χ1v) is 8.93. The van der Waals surface area contributed by atoms with Gasteiger partial charge in [-0.2, -0.15) is 0 Å². The molecule has 8 heteroatoms. The number of hydrogen-bond donors (Lipinski definition) is 2. The Morgan fingerprint density at radius 1 is 1.48 bits per heavy atom. The summed E-state index contributed by atoms with van der Waals surface area (Å²) in [5, 5.41) is 12.2. The Hall–Kier alpha value is -1.67. The number of carbonyl (C=O) groups excluding carboxylic acids is 3. The molecule has 1 spiro atoms. The first-order valence-electron chi connectivity index (χ1n) is 8.93. The molecule has 3 saturated heterocycles. The summed E-state index contributed by atoms with van der Waals surface area (Å²) in [6.07, 6.45) is 0.770. The smallest absolute Gasteiger partial charge is 0.312 e. The molecule has 3 heterocycles. The first-order chi connectivity index (χ1) is 11.9. The van der Waals surface area contributed by atoms with E-state index in [0.717, 1.165) is 0 Å². The van der Waals surface area contributed by atoms with Gasteiger partial charge in [0.1, 0.15) is 11.6 Å². The van der Waals surface area contributed by atoms with Crippen LogP contribution >= 0.6 is 0 Å². The van der Waals surface area contributed by atoms with Gasteiger partial charge in [-0.15, -0.1) is 0 Å². The number of nitrogens with zero attached hydrogens (tertiary/aromatic N) is 1. The van der Waals surface area contributed by atoms with E-state index in [1.807, 2.05) is 13.8 Å². The summed E-state index contributed by atoms with van der Waals surface area (Å²) < 4.78 is 11.3. The summed E-state index contributed by atoms with van der Waals surface area (Å²) >= 11 is 0. The molecule has 3 fully saturated rings. The van der Waals surface area contributed by atoms with E-state index in [1.54, 1.807) is 6.92 Å². The van der Waals surface area contributed by atoms with Crippen molar-refractivity contribution in [1.29, 1.82) is 0 Å². The average Bonchev–Trinajstić information content (AvgIpc) is 3.15. The highest BCUT2D eigenvalue weighted by Crippen LogP contribution is 2.58. The molecular formula is C17H26N2O6. The molecule has 0 aromatic rings. The van der Waals surface area contributed by atoms with Crippen molar-refractivity contribution in [2.75, 3.05) is 19.8 Å². The Morgan fingerprint density at radius 2 is 2.20 bits per heavy atom. The van der Waals surface area contributed by atoms with Crippen LogP contribution in [0.25, 0.3) is 0 Å². The number of ether oxygens (including phenoxy) is 2. The Labute approximate surface area is 146 Å². The van der Waals surface area contributed by atoms with Crippen LogP contribution in [-0.2, 0) is 23.9 Å². The van der Waals surface area contributed by atoms with Crippen molar-refractivity contribution >= 4 is 17.8 Å². The van der Waals surface area contributed by atoms with Crippen LogP contribution in [0.4, 0.5) is 0 Å². The fourth-order valence-corrected chi connectivity index (χ4v) is 4.67. The number of carbonyl (C=O) groups is 3. The number of likely N-dealkylation sites (tertiary alicyclic amines) is 1. The predicted molar refractivity (Wildman–Crippen MR) is 86.3 cm³/mol. The molecule has 2 bridgehead atoms. The maximum Gasteiger partial charge on any atom is 0.312 e. The topological polar surface area (TPSA) is 105 Å². The van der Waals surface area contributed by atoms with E-state index in [2.05, 4.69) is 5.32 Å². The highest BCUT2D eigenvalue weighted by atomic mass is 16.6. The van der Waals surface area contributed by atoms with E-state index in [4.69, 9.17) is 9.47 Å². The fourth-order valence-electron chi connectivity index (χ4n) is 4.67. The molecule has 0 aliphatic carbocycles. The van der Waals surface area contributed by atoms with Gasteiger partial charge in [0, 0.05) is 12.6 Å². The molecule has 140 valence electrons. The lowest BCUT2D eigenvalue weighted by Crippen LogP contribution is -2.56. The number of amides is 2. The van der Waals surface area contributed by atoms with Crippen molar-refractivity contribution in [2.24, 2.45) is 11.8 Å². The van der Waals surface area contributed by atoms with Crippen molar-refractivity contribution < 1.29 is 29.0 Å². The molecule has 3 rings (SSSR count). The van der Waals surface area contributed by atoms with Gasteiger partial charge in [0.05, 0.1) is 31.2 Å². The SMILES string of the molecule is CCOC(=O)[C@@H]1[C@H]2C(=O)N(CCO)[C@H](C(=O)NC(C)C)[C@]23CC[C@H]1O3. The Balaban J connectivity index is 1.98. The summed E-state index contributed by atoms with van der Waals surface area (Å²) in [6.45, 7) is 5.41. The number of rotatable bonds is 6. The molecule has 3 aliphatic heterocycles. The fraction of sp³-hybridized carbons (Fsp3) is 0.824. The van der Waals surface area contributed by atoms with Crippen LogP contribution in [0.2, 0.25) is 0 Å². The third-order valence-corrected chi connectivity index (χ3v) is 5.38. The zero-order valence-electron chi connectivity index (χ0n) is 14.9. The summed E-state index contributed by atoms with van der Waals surface area (Å²) in [4.78, 5) is 39.6. The highest BCUT2D eigenvalue weighted by molar-refractivity contribution is 5.98. The molecule has 3 aliphatic rings. The second-order valence-electron chi connectivity index (χ2n) is 7.23. The van der Waals surface area contributed by atoms with Crippen LogP contribution in [-0.4, -0.2) is 71.3 Å². The van der Waals surface area contributed by atoms with Gasteiger partial charge in [-0.3, -0.25) is 14.4 Å². The minimum Gasteiger partial charge on any atom is -0.466 e. The molecule has 0 unspecified atom stereocenters. The first kappa shape index (κ1) is 18.1. The Bertz CT molecular complexity index is 579. The van der Waals surface area contributed by atoms with E-state index < -0.39 is 35.6 Å². The monoisotopic (exact) mass is 354 g/mol. The van der Waals surface area contributed by atoms with Gasteiger partial charge in [-0.25, -0.2) is 0 Å². The number of esters is 1. The van der Waals surface area contributed by atoms with Crippen LogP contribution in [0.3, 0.4) is 0 Å². The lowest BCUT2D eigenvalue weighted by atomic mass is 9.70. The average molecular weight is 354 g/mol. The van der Waals surface area contributed by atoms with Gasteiger partial charge in [0.15, 0.2) is 0 Å². The van der Waals surface area contributed by atoms with E-state index in [-0.39, 0.29) is 37.6 Å². The molecule has 25 heavy (non-hydrogen) atoms. The summed E-state index contributed by atoms with van der Waals surface area (Å²) in [6, 6.07) is -0.919. The van der Waals surface area contributed by atoms with Crippen LogP contribution in [0.15, 0.2) is 0 Å². The molecule has 2 N–H and O–H groups in total. The minimum atomic E-state index is -1.01. The number of β-amino-alcohol motifs (C(OH)–C–C–N with tert-alkyl or cyclic N) is 1. The van der Waals surface area contributed by atoms with Gasteiger partial charge in [-0.05, 0) is 33.6 Å². The van der Waals surface area contributed by atoms with Crippen molar-refractivity contribution in [3.8, 4) is 0 Å².